The molecule has 4 heteroatoms. The summed E-state index contributed by atoms with van der Waals surface area (Å²) < 4.78 is 10.7. The van der Waals surface area contributed by atoms with Crippen LogP contribution in [0.4, 0.5) is 0 Å². The van der Waals surface area contributed by atoms with Gasteiger partial charge in [-0.05, 0) is 31.0 Å². The van der Waals surface area contributed by atoms with E-state index < -0.39 is 11.7 Å². The van der Waals surface area contributed by atoms with Crippen molar-refractivity contribution in [1.82, 2.24) is 0 Å². The van der Waals surface area contributed by atoms with Crippen LogP contribution in [-0.2, 0) is 19.9 Å². The summed E-state index contributed by atoms with van der Waals surface area (Å²) in [6.07, 6.45) is 1.40. The van der Waals surface area contributed by atoms with E-state index in [2.05, 4.69) is 6.92 Å². The van der Waals surface area contributed by atoms with Gasteiger partial charge in [-0.25, -0.2) is 4.79 Å². The SMILES string of the molecule is CCCCOC(=O)[C@@H]1O[C@]1(C)c1ccc(Cl)cc1. The molecule has 3 nitrogen and oxygen atoms in total. The van der Waals surface area contributed by atoms with E-state index in [1.54, 1.807) is 12.1 Å². The van der Waals surface area contributed by atoms with E-state index in [-0.39, 0.29) is 5.97 Å². The molecule has 1 aromatic carbocycles. The Bertz CT molecular complexity index is 429. The summed E-state index contributed by atoms with van der Waals surface area (Å²) >= 11 is 5.83. The minimum Gasteiger partial charge on any atom is -0.464 e. The maximum Gasteiger partial charge on any atom is 0.338 e. The monoisotopic (exact) mass is 268 g/mol. The highest BCUT2D eigenvalue weighted by molar-refractivity contribution is 6.30. The Labute approximate surface area is 112 Å². The van der Waals surface area contributed by atoms with Crippen LogP contribution in [0.25, 0.3) is 0 Å². The molecule has 0 N–H and O–H groups in total. The first-order chi connectivity index (χ1) is 8.58. The lowest BCUT2D eigenvalue weighted by atomic mass is 9.97. The van der Waals surface area contributed by atoms with Crippen LogP contribution >= 0.6 is 11.6 Å². The van der Waals surface area contributed by atoms with E-state index in [4.69, 9.17) is 21.1 Å². The van der Waals surface area contributed by atoms with Crippen LogP contribution in [-0.4, -0.2) is 18.7 Å². The number of unbranched alkanes of at least 4 members (excludes halogenated alkanes) is 1. The van der Waals surface area contributed by atoms with E-state index in [0.29, 0.717) is 11.6 Å². The molecule has 18 heavy (non-hydrogen) atoms. The summed E-state index contributed by atoms with van der Waals surface area (Å²) in [5.41, 5.74) is 0.387. The van der Waals surface area contributed by atoms with Gasteiger partial charge in [-0.1, -0.05) is 37.1 Å². The molecular weight excluding hydrogens is 252 g/mol. The zero-order chi connectivity index (χ0) is 13.2. The average Bonchev–Trinajstić information content (AvgIpc) is 3.04. The van der Waals surface area contributed by atoms with Crippen molar-refractivity contribution in [3.63, 3.8) is 0 Å². The summed E-state index contributed by atoms with van der Waals surface area (Å²) in [7, 11) is 0. The molecule has 0 saturated carbocycles. The van der Waals surface area contributed by atoms with Crippen LogP contribution in [0.15, 0.2) is 24.3 Å². The number of hydrogen-bond donors (Lipinski definition) is 0. The van der Waals surface area contributed by atoms with Gasteiger partial charge in [0.2, 0.25) is 0 Å². The number of halogens is 1. The van der Waals surface area contributed by atoms with Gasteiger partial charge in [-0.3, -0.25) is 0 Å². The number of hydrogen-bond acceptors (Lipinski definition) is 3. The Morgan fingerprint density at radius 1 is 1.44 bits per heavy atom. The number of rotatable bonds is 5. The third-order valence-electron chi connectivity index (χ3n) is 3.18. The minimum absolute atomic E-state index is 0.277. The van der Waals surface area contributed by atoms with E-state index >= 15 is 0 Å². The van der Waals surface area contributed by atoms with Crippen molar-refractivity contribution in [1.29, 1.82) is 0 Å². The first-order valence-electron chi connectivity index (χ1n) is 6.18. The standard InChI is InChI=1S/C14H17ClO3/c1-3-4-9-17-13(16)12-14(2,18-12)10-5-7-11(15)8-6-10/h5-8,12H,3-4,9H2,1-2H3/t12-,14+/m0/s1. The number of carbonyl (C=O) groups is 1. The van der Waals surface area contributed by atoms with Crippen LogP contribution in [0.2, 0.25) is 5.02 Å². The molecule has 0 radical (unpaired) electrons. The number of esters is 1. The van der Waals surface area contributed by atoms with Crippen molar-refractivity contribution in [3.8, 4) is 0 Å². The maximum absolute atomic E-state index is 11.8. The second-order valence-corrected chi connectivity index (χ2v) is 5.07. The van der Waals surface area contributed by atoms with Gasteiger partial charge in [0.1, 0.15) is 5.60 Å². The molecule has 2 atom stereocenters. The van der Waals surface area contributed by atoms with Gasteiger partial charge in [-0.2, -0.15) is 0 Å². The molecule has 1 aliphatic rings. The third kappa shape index (κ3) is 2.68. The quantitative estimate of drug-likeness (QED) is 0.467. The molecule has 98 valence electrons. The Hall–Kier alpha value is -1.06. The third-order valence-corrected chi connectivity index (χ3v) is 3.43. The van der Waals surface area contributed by atoms with E-state index in [1.165, 1.54) is 0 Å². The summed E-state index contributed by atoms with van der Waals surface area (Å²) in [6.45, 7) is 4.41. The maximum atomic E-state index is 11.8. The fourth-order valence-corrected chi connectivity index (χ4v) is 2.00. The van der Waals surface area contributed by atoms with Gasteiger partial charge >= 0.3 is 5.97 Å². The van der Waals surface area contributed by atoms with Crippen LogP contribution in [0.5, 0.6) is 0 Å². The van der Waals surface area contributed by atoms with Crippen molar-refractivity contribution >= 4 is 17.6 Å². The highest BCUT2D eigenvalue weighted by Crippen LogP contribution is 2.46. The molecule has 0 bridgehead atoms. The Kier molecular flexibility index (Phi) is 3.93. The largest absolute Gasteiger partial charge is 0.464 e. The van der Waals surface area contributed by atoms with Gasteiger partial charge in [0.15, 0.2) is 6.10 Å². The molecule has 0 unspecified atom stereocenters. The van der Waals surface area contributed by atoms with Gasteiger partial charge < -0.3 is 9.47 Å². The number of epoxide rings is 1. The van der Waals surface area contributed by atoms with Crippen LogP contribution in [0.1, 0.15) is 32.3 Å². The van der Waals surface area contributed by atoms with Crippen molar-refractivity contribution in [2.24, 2.45) is 0 Å². The van der Waals surface area contributed by atoms with Crippen molar-refractivity contribution in [2.45, 2.75) is 38.4 Å². The predicted molar refractivity (Wildman–Crippen MR) is 69.5 cm³/mol. The van der Waals surface area contributed by atoms with Crippen LogP contribution in [0.3, 0.4) is 0 Å². The van der Waals surface area contributed by atoms with Crippen molar-refractivity contribution in [2.75, 3.05) is 6.61 Å². The molecule has 1 saturated heterocycles. The summed E-state index contributed by atoms with van der Waals surface area (Å²) in [4.78, 5) is 11.8. The second kappa shape index (κ2) is 5.29. The van der Waals surface area contributed by atoms with Crippen molar-refractivity contribution < 1.29 is 14.3 Å². The van der Waals surface area contributed by atoms with Gasteiger partial charge in [-0.15, -0.1) is 0 Å². The highest BCUT2D eigenvalue weighted by Gasteiger charge is 2.59. The Morgan fingerprint density at radius 2 is 2.11 bits per heavy atom. The molecule has 0 amide bonds. The first kappa shape index (κ1) is 13.4. The number of ether oxygens (including phenoxy) is 2. The Morgan fingerprint density at radius 3 is 2.72 bits per heavy atom. The molecule has 1 aromatic rings. The zero-order valence-electron chi connectivity index (χ0n) is 10.6. The van der Waals surface area contributed by atoms with Crippen LogP contribution in [0, 0.1) is 0 Å². The molecule has 1 heterocycles. The molecule has 0 spiro atoms. The van der Waals surface area contributed by atoms with E-state index in [9.17, 15) is 4.79 Å². The normalized spacial score (nSPS) is 25.8. The Balaban J connectivity index is 1.95. The smallest absolute Gasteiger partial charge is 0.338 e. The zero-order valence-corrected chi connectivity index (χ0v) is 11.4. The van der Waals surface area contributed by atoms with Crippen molar-refractivity contribution in [3.05, 3.63) is 34.9 Å². The lowest BCUT2D eigenvalue weighted by Crippen LogP contribution is -2.19. The van der Waals surface area contributed by atoms with Gasteiger partial charge in [0, 0.05) is 5.02 Å². The molecular formula is C14H17ClO3. The first-order valence-corrected chi connectivity index (χ1v) is 6.56. The fraction of sp³-hybridized carbons (Fsp3) is 0.500. The van der Waals surface area contributed by atoms with E-state index in [1.807, 2.05) is 19.1 Å². The van der Waals surface area contributed by atoms with Gasteiger partial charge in [0.05, 0.1) is 6.61 Å². The highest BCUT2D eigenvalue weighted by atomic mass is 35.5. The lowest BCUT2D eigenvalue weighted by molar-refractivity contribution is -0.145. The predicted octanol–water partition coefficient (Wildman–Crippen LogP) is 3.30. The molecule has 1 aliphatic heterocycles. The van der Waals surface area contributed by atoms with Gasteiger partial charge in [0.25, 0.3) is 0 Å². The number of carbonyl (C=O) groups excluding carboxylic acids is 1. The average molecular weight is 269 g/mol. The number of benzene rings is 1. The lowest BCUT2D eigenvalue weighted by Gasteiger charge is -2.07. The van der Waals surface area contributed by atoms with Crippen LogP contribution < -0.4 is 0 Å². The summed E-state index contributed by atoms with van der Waals surface area (Å²) in [5.74, 6) is -0.277. The summed E-state index contributed by atoms with van der Waals surface area (Å²) in [5, 5.41) is 0.671. The molecule has 1 fully saturated rings. The molecule has 0 aromatic heterocycles. The topological polar surface area (TPSA) is 38.8 Å². The summed E-state index contributed by atoms with van der Waals surface area (Å²) in [6, 6.07) is 7.34. The fourth-order valence-electron chi connectivity index (χ4n) is 1.88. The molecule has 0 aliphatic carbocycles. The second-order valence-electron chi connectivity index (χ2n) is 4.63. The molecule has 2 rings (SSSR count). The van der Waals surface area contributed by atoms with E-state index in [0.717, 1.165) is 18.4 Å². The minimum atomic E-state index is -0.562.